The van der Waals surface area contributed by atoms with Gasteiger partial charge in [0.15, 0.2) is 0 Å². The molecular formula is C13H18N2O. The Bertz CT molecular complexity index is 412. The molecule has 86 valence electrons. The molecule has 1 heterocycles. The van der Waals surface area contributed by atoms with Crippen LogP contribution in [-0.4, -0.2) is 38.0 Å². The lowest BCUT2D eigenvalue weighted by atomic mass is 10.1. The van der Waals surface area contributed by atoms with Gasteiger partial charge in [0.2, 0.25) is 5.91 Å². The van der Waals surface area contributed by atoms with Crippen LogP contribution in [0.4, 0.5) is 5.69 Å². The SMILES string of the molecule is Cc1ccc2c(c1)CC(=O)N2CCN(C)C. The van der Waals surface area contributed by atoms with Crippen molar-refractivity contribution in [3.63, 3.8) is 0 Å². The molecule has 0 radical (unpaired) electrons. The first-order valence-electron chi connectivity index (χ1n) is 5.62. The van der Waals surface area contributed by atoms with Gasteiger partial charge in [-0.15, -0.1) is 0 Å². The van der Waals surface area contributed by atoms with Crippen LogP contribution in [-0.2, 0) is 11.2 Å². The highest BCUT2D eigenvalue weighted by molar-refractivity contribution is 6.01. The first-order chi connectivity index (χ1) is 7.58. The minimum Gasteiger partial charge on any atom is -0.311 e. The summed E-state index contributed by atoms with van der Waals surface area (Å²) in [7, 11) is 4.05. The molecule has 1 aliphatic heterocycles. The first kappa shape index (κ1) is 11.1. The van der Waals surface area contributed by atoms with E-state index in [1.165, 1.54) is 11.1 Å². The smallest absolute Gasteiger partial charge is 0.231 e. The minimum absolute atomic E-state index is 0.224. The van der Waals surface area contributed by atoms with Crippen molar-refractivity contribution in [1.29, 1.82) is 0 Å². The van der Waals surface area contributed by atoms with Crippen molar-refractivity contribution in [2.45, 2.75) is 13.3 Å². The van der Waals surface area contributed by atoms with Crippen molar-refractivity contribution in [3.05, 3.63) is 29.3 Å². The van der Waals surface area contributed by atoms with Crippen LogP contribution < -0.4 is 4.90 Å². The molecule has 0 spiro atoms. The highest BCUT2D eigenvalue weighted by Crippen LogP contribution is 2.29. The lowest BCUT2D eigenvalue weighted by molar-refractivity contribution is -0.117. The number of carbonyl (C=O) groups is 1. The zero-order chi connectivity index (χ0) is 11.7. The van der Waals surface area contributed by atoms with E-state index >= 15 is 0 Å². The Kier molecular flexibility index (Phi) is 2.97. The van der Waals surface area contributed by atoms with E-state index in [1.54, 1.807) is 0 Å². The van der Waals surface area contributed by atoms with Gasteiger partial charge in [-0.2, -0.15) is 0 Å². The number of hydrogen-bond donors (Lipinski definition) is 0. The van der Waals surface area contributed by atoms with Crippen molar-refractivity contribution in [3.8, 4) is 0 Å². The Morgan fingerprint density at radius 2 is 2.12 bits per heavy atom. The molecule has 0 atom stereocenters. The average molecular weight is 218 g/mol. The number of benzene rings is 1. The molecule has 1 aromatic rings. The van der Waals surface area contributed by atoms with Crippen LogP contribution in [0.15, 0.2) is 18.2 Å². The van der Waals surface area contributed by atoms with Crippen molar-refractivity contribution < 1.29 is 4.79 Å². The second-order valence-electron chi connectivity index (χ2n) is 4.66. The molecule has 0 bridgehead atoms. The maximum Gasteiger partial charge on any atom is 0.231 e. The predicted molar refractivity (Wildman–Crippen MR) is 65.8 cm³/mol. The van der Waals surface area contributed by atoms with Crippen molar-refractivity contribution in [1.82, 2.24) is 4.90 Å². The van der Waals surface area contributed by atoms with E-state index in [-0.39, 0.29) is 5.91 Å². The van der Waals surface area contributed by atoms with E-state index in [2.05, 4.69) is 30.0 Å². The molecule has 0 N–H and O–H groups in total. The third kappa shape index (κ3) is 2.09. The monoisotopic (exact) mass is 218 g/mol. The summed E-state index contributed by atoms with van der Waals surface area (Å²) in [6.07, 6.45) is 0.560. The number of likely N-dealkylation sites (N-methyl/N-ethyl adjacent to an activating group) is 1. The maximum absolute atomic E-state index is 11.9. The standard InChI is InChI=1S/C13H18N2O/c1-10-4-5-12-11(8-10)9-13(16)15(12)7-6-14(2)3/h4-5,8H,6-7,9H2,1-3H3. The van der Waals surface area contributed by atoms with Crippen molar-refractivity contribution >= 4 is 11.6 Å². The molecule has 1 aromatic carbocycles. The molecule has 2 rings (SSSR count). The van der Waals surface area contributed by atoms with E-state index in [1.807, 2.05) is 19.0 Å². The average Bonchev–Trinajstić information content (AvgIpc) is 2.50. The molecule has 0 aliphatic carbocycles. The van der Waals surface area contributed by atoms with Gasteiger partial charge in [0, 0.05) is 18.8 Å². The zero-order valence-corrected chi connectivity index (χ0v) is 10.2. The second kappa shape index (κ2) is 4.26. The lowest BCUT2D eigenvalue weighted by Gasteiger charge is -2.20. The van der Waals surface area contributed by atoms with Crippen LogP contribution in [0.5, 0.6) is 0 Å². The molecule has 16 heavy (non-hydrogen) atoms. The van der Waals surface area contributed by atoms with Crippen LogP contribution in [0.3, 0.4) is 0 Å². The number of fused-ring (bicyclic) bond motifs is 1. The van der Waals surface area contributed by atoms with E-state index in [9.17, 15) is 4.79 Å². The molecule has 1 aliphatic rings. The Balaban J connectivity index is 2.19. The number of amides is 1. The van der Waals surface area contributed by atoms with E-state index < -0.39 is 0 Å². The van der Waals surface area contributed by atoms with Gasteiger partial charge in [0.1, 0.15) is 0 Å². The Morgan fingerprint density at radius 1 is 1.38 bits per heavy atom. The molecule has 3 nitrogen and oxygen atoms in total. The van der Waals surface area contributed by atoms with Gasteiger partial charge < -0.3 is 9.80 Å². The largest absolute Gasteiger partial charge is 0.311 e. The Labute approximate surface area is 96.7 Å². The Hall–Kier alpha value is -1.35. The highest BCUT2D eigenvalue weighted by Gasteiger charge is 2.26. The summed E-state index contributed by atoms with van der Waals surface area (Å²) in [5, 5.41) is 0. The number of rotatable bonds is 3. The number of aryl methyl sites for hydroxylation is 1. The number of nitrogens with zero attached hydrogens (tertiary/aromatic N) is 2. The summed E-state index contributed by atoms with van der Waals surface area (Å²) in [5.41, 5.74) is 3.49. The fourth-order valence-electron chi connectivity index (χ4n) is 2.06. The Morgan fingerprint density at radius 3 is 2.81 bits per heavy atom. The second-order valence-corrected chi connectivity index (χ2v) is 4.66. The summed E-state index contributed by atoms with van der Waals surface area (Å²) < 4.78 is 0. The molecular weight excluding hydrogens is 200 g/mol. The van der Waals surface area contributed by atoms with Gasteiger partial charge in [0.25, 0.3) is 0 Å². The summed E-state index contributed by atoms with van der Waals surface area (Å²) in [6, 6.07) is 6.24. The highest BCUT2D eigenvalue weighted by atomic mass is 16.2. The summed E-state index contributed by atoms with van der Waals surface area (Å²) >= 11 is 0. The van der Waals surface area contributed by atoms with E-state index in [4.69, 9.17) is 0 Å². The van der Waals surface area contributed by atoms with Gasteiger partial charge in [-0.1, -0.05) is 17.7 Å². The fraction of sp³-hybridized carbons (Fsp3) is 0.462. The van der Waals surface area contributed by atoms with Crippen molar-refractivity contribution in [2.75, 3.05) is 32.1 Å². The van der Waals surface area contributed by atoms with Crippen LogP contribution in [0.25, 0.3) is 0 Å². The summed E-state index contributed by atoms with van der Waals surface area (Å²) in [5.74, 6) is 0.224. The van der Waals surface area contributed by atoms with Crippen LogP contribution in [0.1, 0.15) is 11.1 Å². The first-order valence-corrected chi connectivity index (χ1v) is 5.62. The maximum atomic E-state index is 11.9. The summed E-state index contributed by atoms with van der Waals surface area (Å²) in [4.78, 5) is 15.9. The number of anilines is 1. The molecule has 0 saturated heterocycles. The molecule has 0 aromatic heterocycles. The summed E-state index contributed by atoms with van der Waals surface area (Å²) in [6.45, 7) is 3.74. The van der Waals surface area contributed by atoms with Crippen molar-refractivity contribution in [2.24, 2.45) is 0 Å². The van der Waals surface area contributed by atoms with Gasteiger partial charge >= 0.3 is 0 Å². The zero-order valence-electron chi connectivity index (χ0n) is 10.2. The molecule has 1 amide bonds. The molecule has 0 fully saturated rings. The fourth-order valence-corrected chi connectivity index (χ4v) is 2.06. The van der Waals surface area contributed by atoms with Gasteiger partial charge in [0.05, 0.1) is 6.42 Å². The van der Waals surface area contributed by atoms with Gasteiger partial charge in [-0.25, -0.2) is 0 Å². The number of hydrogen-bond acceptors (Lipinski definition) is 2. The molecule has 0 unspecified atom stereocenters. The lowest BCUT2D eigenvalue weighted by Crippen LogP contribution is -2.33. The van der Waals surface area contributed by atoms with E-state index in [0.29, 0.717) is 6.42 Å². The van der Waals surface area contributed by atoms with Crippen LogP contribution in [0, 0.1) is 6.92 Å². The third-order valence-electron chi connectivity index (χ3n) is 2.94. The van der Waals surface area contributed by atoms with Crippen LogP contribution >= 0.6 is 0 Å². The predicted octanol–water partition coefficient (Wildman–Crippen LogP) is 1.45. The van der Waals surface area contributed by atoms with Gasteiger partial charge in [-0.05, 0) is 32.6 Å². The van der Waals surface area contributed by atoms with Crippen LogP contribution in [0.2, 0.25) is 0 Å². The molecule has 3 heteroatoms. The van der Waals surface area contributed by atoms with Gasteiger partial charge in [-0.3, -0.25) is 4.79 Å². The molecule has 0 saturated carbocycles. The van der Waals surface area contributed by atoms with E-state index in [0.717, 1.165) is 18.8 Å². The topological polar surface area (TPSA) is 23.6 Å². The minimum atomic E-state index is 0.224. The quantitative estimate of drug-likeness (QED) is 0.766. The third-order valence-corrected chi connectivity index (χ3v) is 2.94. The number of carbonyl (C=O) groups excluding carboxylic acids is 1. The normalized spacial score (nSPS) is 14.8.